The zero-order chi connectivity index (χ0) is 33.3. The van der Waals surface area contributed by atoms with Gasteiger partial charge in [-0.1, -0.05) is 78.7 Å². The number of anilines is 1. The molecule has 0 aliphatic heterocycles. The van der Waals surface area contributed by atoms with Gasteiger partial charge in [0.05, 0.1) is 17.7 Å². The van der Waals surface area contributed by atoms with Crippen molar-refractivity contribution in [2.24, 2.45) is 0 Å². The van der Waals surface area contributed by atoms with Crippen molar-refractivity contribution in [3.63, 3.8) is 0 Å². The zero-order valence-electron chi connectivity index (χ0n) is 25.9. The summed E-state index contributed by atoms with van der Waals surface area (Å²) in [4.78, 5) is 29.8. The summed E-state index contributed by atoms with van der Waals surface area (Å²) in [7, 11) is -2.80. The van der Waals surface area contributed by atoms with Crippen LogP contribution in [0.4, 0.5) is 5.69 Å². The number of carbonyl (C=O) groups excluding carboxylic acids is 2. The van der Waals surface area contributed by atoms with Gasteiger partial charge >= 0.3 is 0 Å². The standard InChI is InChI=1S/C35H37Cl2N3O5S/c1-4-25(2)38-35(42)33(21-26-10-6-5-7-11-26)39(23-27-12-8-13-28(36)20-27)34(41)24-40(30-15-9-14-29(37)22-30)46(43,44)32-18-16-31(45-3)17-19-32/h5-20,22,25,33H,4,21,23-24H2,1-3H3,(H,38,42)/t25-,33-/m0/s1. The number of amides is 2. The molecule has 0 radical (unpaired) electrons. The van der Waals surface area contributed by atoms with Crippen molar-refractivity contribution in [2.45, 2.75) is 50.2 Å². The van der Waals surface area contributed by atoms with Crippen LogP contribution in [0.15, 0.2) is 108 Å². The Morgan fingerprint density at radius 2 is 1.48 bits per heavy atom. The lowest BCUT2D eigenvalue weighted by Crippen LogP contribution is -2.54. The van der Waals surface area contributed by atoms with Gasteiger partial charge in [0.15, 0.2) is 0 Å². The predicted molar refractivity (Wildman–Crippen MR) is 183 cm³/mol. The molecule has 0 fully saturated rings. The van der Waals surface area contributed by atoms with E-state index in [1.807, 2.05) is 44.2 Å². The summed E-state index contributed by atoms with van der Waals surface area (Å²) in [6.07, 6.45) is 0.895. The first kappa shape index (κ1) is 34.8. The number of ether oxygens (including phenoxy) is 1. The fraction of sp³-hybridized carbons (Fsp3) is 0.257. The number of hydrogen-bond acceptors (Lipinski definition) is 5. The van der Waals surface area contributed by atoms with Crippen molar-refractivity contribution in [2.75, 3.05) is 18.0 Å². The van der Waals surface area contributed by atoms with Crippen LogP contribution in [0.5, 0.6) is 5.75 Å². The minimum absolute atomic E-state index is 0.0107. The molecule has 0 saturated carbocycles. The third-order valence-electron chi connectivity index (χ3n) is 7.54. The number of methoxy groups -OCH3 is 1. The summed E-state index contributed by atoms with van der Waals surface area (Å²) in [6, 6.07) is 27.4. The minimum atomic E-state index is -4.28. The molecule has 2 atom stereocenters. The maximum atomic E-state index is 14.5. The molecule has 4 aromatic carbocycles. The van der Waals surface area contributed by atoms with Gasteiger partial charge in [0.25, 0.3) is 10.0 Å². The van der Waals surface area contributed by atoms with Crippen LogP contribution < -0.4 is 14.4 Å². The number of carbonyl (C=O) groups is 2. The van der Waals surface area contributed by atoms with Crippen molar-refractivity contribution in [3.8, 4) is 5.75 Å². The summed E-state index contributed by atoms with van der Waals surface area (Å²) >= 11 is 12.6. The third-order valence-corrected chi connectivity index (χ3v) is 9.79. The average Bonchev–Trinajstić information content (AvgIpc) is 3.05. The topological polar surface area (TPSA) is 96.0 Å². The largest absolute Gasteiger partial charge is 0.497 e. The molecule has 0 heterocycles. The first-order chi connectivity index (χ1) is 22.0. The summed E-state index contributed by atoms with van der Waals surface area (Å²) in [5.74, 6) is -0.453. The summed E-state index contributed by atoms with van der Waals surface area (Å²) in [5, 5.41) is 3.79. The highest BCUT2D eigenvalue weighted by Gasteiger charge is 2.35. The average molecular weight is 683 g/mol. The first-order valence-corrected chi connectivity index (χ1v) is 17.0. The maximum absolute atomic E-state index is 14.5. The molecule has 0 aromatic heterocycles. The summed E-state index contributed by atoms with van der Waals surface area (Å²) in [6.45, 7) is 3.26. The molecule has 0 bridgehead atoms. The Morgan fingerprint density at radius 3 is 2.09 bits per heavy atom. The summed E-state index contributed by atoms with van der Waals surface area (Å²) < 4.78 is 34.5. The number of benzene rings is 4. The Kier molecular flexibility index (Phi) is 12.1. The van der Waals surface area contributed by atoms with E-state index in [-0.39, 0.29) is 35.5 Å². The second kappa shape index (κ2) is 16.0. The van der Waals surface area contributed by atoms with Crippen molar-refractivity contribution >= 4 is 50.7 Å². The fourth-order valence-electron chi connectivity index (χ4n) is 4.86. The molecule has 0 unspecified atom stereocenters. The van der Waals surface area contributed by atoms with E-state index in [9.17, 15) is 18.0 Å². The van der Waals surface area contributed by atoms with Crippen LogP contribution in [0.25, 0.3) is 0 Å². The Hall–Kier alpha value is -4.05. The molecular formula is C35H37Cl2N3O5S. The molecule has 11 heteroatoms. The quantitative estimate of drug-likeness (QED) is 0.159. The summed E-state index contributed by atoms with van der Waals surface area (Å²) in [5.41, 5.74) is 1.72. The Bertz CT molecular complexity index is 1740. The van der Waals surface area contributed by atoms with E-state index < -0.39 is 28.5 Å². The smallest absolute Gasteiger partial charge is 0.264 e. The highest BCUT2D eigenvalue weighted by Crippen LogP contribution is 2.28. The lowest BCUT2D eigenvalue weighted by atomic mass is 10.0. The van der Waals surface area contributed by atoms with Crippen LogP contribution in [0.3, 0.4) is 0 Å². The molecule has 0 aliphatic carbocycles. The first-order valence-electron chi connectivity index (χ1n) is 14.8. The second-order valence-corrected chi connectivity index (χ2v) is 13.6. The molecule has 46 heavy (non-hydrogen) atoms. The van der Waals surface area contributed by atoms with E-state index in [4.69, 9.17) is 27.9 Å². The predicted octanol–water partition coefficient (Wildman–Crippen LogP) is 6.75. The minimum Gasteiger partial charge on any atom is -0.497 e. The van der Waals surface area contributed by atoms with Gasteiger partial charge in [-0.2, -0.15) is 0 Å². The van der Waals surface area contributed by atoms with E-state index in [0.717, 1.165) is 9.87 Å². The van der Waals surface area contributed by atoms with E-state index in [1.165, 1.54) is 42.3 Å². The van der Waals surface area contributed by atoms with Gasteiger partial charge in [-0.25, -0.2) is 8.42 Å². The van der Waals surface area contributed by atoms with Gasteiger partial charge < -0.3 is 15.0 Å². The Labute approximate surface area is 280 Å². The second-order valence-electron chi connectivity index (χ2n) is 10.8. The number of sulfonamides is 1. The van der Waals surface area contributed by atoms with Gasteiger partial charge in [0, 0.05) is 29.1 Å². The van der Waals surface area contributed by atoms with Crippen LogP contribution in [-0.4, -0.2) is 50.9 Å². The van der Waals surface area contributed by atoms with E-state index in [0.29, 0.717) is 27.8 Å². The Balaban J connectivity index is 1.81. The van der Waals surface area contributed by atoms with Crippen molar-refractivity contribution in [1.82, 2.24) is 10.2 Å². The van der Waals surface area contributed by atoms with Gasteiger partial charge in [0.1, 0.15) is 18.3 Å². The lowest BCUT2D eigenvalue weighted by molar-refractivity contribution is -0.140. The molecule has 242 valence electrons. The monoisotopic (exact) mass is 681 g/mol. The SMILES string of the molecule is CC[C@H](C)NC(=O)[C@H](Cc1ccccc1)N(Cc1cccc(Cl)c1)C(=O)CN(c1cccc(Cl)c1)S(=O)(=O)c1ccc(OC)cc1. The number of nitrogens with one attached hydrogen (secondary N) is 1. The highest BCUT2D eigenvalue weighted by molar-refractivity contribution is 7.92. The molecule has 4 rings (SSSR count). The van der Waals surface area contributed by atoms with Crippen LogP contribution >= 0.6 is 23.2 Å². The van der Waals surface area contributed by atoms with Gasteiger partial charge in [-0.3, -0.25) is 13.9 Å². The Morgan fingerprint density at radius 1 is 0.848 bits per heavy atom. The molecule has 8 nitrogen and oxygen atoms in total. The molecule has 0 spiro atoms. The van der Waals surface area contributed by atoms with Crippen molar-refractivity contribution in [3.05, 3.63) is 124 Å². The van der Waals surface area contributed by atoms with Crippen LogP contribution in [0.1, 0.15) is 31.4 Å². The normalized spacial score (nSPS) is 12.5. The van der Waals surface area contributed by atoms with E-state index in [2.05, 4.69) is 5.32 Å². The fourth-order valence-corrected chi connectivity index (χ4v) is 6.67. The van der Waals surface area contributed by atoms with E-state index in [1.54, 1.807) is 42.5 Å². The number of halogens is 2. The molecule has 2 amide bonds. The number of hydrogen-bond donors (Lipinski definition) is 1. The van der Waals surface area contributed by atoms with Crippen molar-refractivity contribution in [1.29, 1.82) is 0 Å². The molecule has 1 N–H and O–H groups in total. The van der Waals surface area contributed by atoms with Gasteiger partial charge in [0.2, 0.25) is 11.8 Å². The van der Waals surface area contributed by atoms with Crippen LogP contribution in [0.2, 0.25) is 10.0 Å². The number of rotatable bonds is 14. The lowest BCUT2D eigenvalue weighted by Gasteiger charge is -2.34. The molecule has 4 aromatic rings. The third kappa shape index (κ3) is 9.02. The maximum Gasteiger partial charge on any atom is 0.264 e. The van der Waals surface area contributed by atoms with Gasteiger partial charge in [-0.15, -0.1) is 0 Å². The van der Waals surface area contributed by atoms with Crippen LogP contribution in [0, 0.1) is 0 Å². The van der Waals surface area contributed by atoms with Crippen LogP contribution in [-0.2, 0) is 32.6 Å². The van der Waals surface area contributed by atoms with E-state index >= 15 is 0 Å². The zero-order valence-corrected chi connectivity index (χ0v) is 28.2. The van der Waals surface area contributed by atoms with Crippen molar-refractivity contribution < 1.29 is 22.7 Å². The molecule has 0 aliphatic rings. The molecule has 0 saturated heterocycles. The molecular weight excluding hydrogens is 645 g/mol. The number of nitrogens with zero attached hydrogens (tertiary/aromatic N) is 2. The highest BCUT2D eigenvalue weighted by atomic mass is 35.5. The van der Waals surface area contributed by atoms with Gasteiger partial charge in [-0.05, 0) is 79.1 Å².